The van der Waals surface area contributed by atoms with Gasteiger partial charge in [0.05, 0.1) is 5.56 Å². The molecular weight excluding hydrogens is 372 g/mol. The van der Waals surface area contributed by atoms with Crippen LogP contribution in [0.4, 0.5) is 17.6 Å². The van der Waals surface area contributed by atoms with Crippen LogP contribution < -0.4 is 4.74 Å². The summed E-state index contributed by atoms with van der Waals surface area (Å²) in [7, 11) is 0. The molecular formula is C22H16F4O2. The summed E-state index contributed by atoms with van der Waals surface area (Å²) in [5.41, 5.74) is 3.20. The van der Waals surface area contributed by atoms with Crippen molar-refractivity contribution in [1.82, 2.24) is 0 Å². The van der Waals surface area contributed by atoms with Gasteiger partial charge in [0.25, 0.3) is 0 Å². The van der Waals surface area contributed by atoms with Crippen LogP contribution in [0.2, 0.25) is 0 Å². The van der Waals surface area contributed by atoms with E-state index < -0.39 is 29.2 Å². The van der Waals surface area contributed by atoms with Crippen molar-refractivity contribution < 1.29 is 27.1 Å². The lowest BCUT2D eigenvalue weighted by Crippen LogP contribution is -2.11. The predicted molar refractivity (Wildman–Crippen MR) is 97.3 cm³/mol. The van der Waals surface area contributed by atoms with Gasteiger partial charge in [-0.15, -0.1) is 0 Å². The summed E-state index contributed by atoms with van der Waals surface area (Å²) in [6, 6.07) is 9.10. The molecule has 3 rings (SSSR count). The van der Waals surface area contributed by atoms with E-state index in [9.17, 15) is 22.4 Å². The minimum absolute atomic E-state index is 0.138. The molecule has 2 nitrogen and oxygen atoms in total. The number of benzene rings is 3. The molecule has 28 heavy (non-hydrogen) atoms. The maximum Gasteiger partial charge on any atom is 0.343 e. The zero-order valence-corrected chi connectivity index (χ0v) is 15.4. The van der Waals surface area contributed by atoms with E-state index in [1.165, 1.54) is 12.1 Å². The summed E-state index contributed by atoms with van der Waals surface area (Å²) in [4.78, 5) is 12.3. The second kappa shape index (κ2) is 7.46. The molecule has 0 heterocycles. The van der Waals surface area contributed by atoms with E-state index in [-0.39, 0.29) is 11.4 Å². The Hall–Kier alpha value is -3.15. The van der Waals surface area contributed by atoms with Crippen molar-refractivity contribution in [1.29, 1.82) is 0 Å². The van der Waals surface area contributed by atoms with Crippen molar-refractivity contribution in [2.45, 2.75) is 20.8 Å². The molecule has 0 aliphatic heterocycles. The third kappa shape index (κ3) is 3.76. The summed E-state index contributed by atoms with van der Waals surface area (Å²) in [6.45, 7) is 5.22. The zero-order chi connectivity index (χ0) is 20.6. The topological polar surface area (TPSA) is 26.3 Å². The molecule has 0 saturated heterocycles. The van der Waals surface area contributed by atoms with Crippen molar-refractivity contribution in [3.63, 3.8) is 0 Å². The van der Waals surface area contributed by atoms with E-state index in [2.05, 4.69) is 0 Å². The third-order valence-corrected chi connectivity index (χ3v) is 4.33. The molecule has 3 aromatic carbocycles. The zero-order valence-electron chi connectivity index (χ0n) is 15.4. The van der Waals surface area contributed by atoms with E-state index in [4.69, 9.17) is 4.74 Å². The Morgan fingerprint density at radius 2 is 1.43 bits per heavy atom. The number of carbonyl (C=O) groups excluding carboxylic acids is 1. The van der Waals surface area contributed by atoms with E-state index in [1.54, 1.807) is 32.9 Å². The lowest BCUT2D eigenvalue weighted by molar-refractivity contribution is 0.0733. The number of halogens is 4. The van der Waals surface area contributed by atoms with Gasteiger partial charge in [-0.1, -0.05) is 18.2 Å². The van der Waals surface area contributed by atoms with Crippen LogP contribution in [-0.2, 0) is 0 Å². The summed E-state index contributed by atoms with van der Waals surface area (Å²) in [5, 5.41) is 0. The molecule has 0 aliphatic carbocycles. The van der Waals surface area contributed by atoms with Gasteiger partial charge in [0.1, 0.15) is 11.6 Å². The lowest BCUT2D eigenvalue weighted by Gasteiger charge is -2.12. The first-order valence-electron chi connectivity index (χ1n) is 8.42. The quantitative estimate of drug-likeness (QED) is 0.236. The van der Waals surface area contributed by atoms with Crippen LogP contribution in [0.5, 0.6) is 5.75 Å². The second-order valence-electron chi connectivity index (χ2n) is 6.56. The van der Waals surface area contributed by atoms with Crippen LogP contribution in [0.3, 0.4) is 0 Å². The van der Waals surface area contributed by atoms with Crippen LogP contribution in [-0.4, -0.2) is 5.97 Å². The number of ether oxygens (including phenoxy) is 1. The van der Waals surface area contributed by atoms with Crippen molar-refractivity contribution in [3.8, 4) is 16.9 Å². The average Bonchev–Trinajstić information content (AvgIpc) is 2.58. The Bertz CT molecular complexity index is 1040. The van der Waals surface area contributed by atoms with Crippen molar-refractivity contribution in [2.24, 2.45) is 0 Å². The molecule has 0 saturated carbocycles. The van der Waals surface area contributed by atoms with Crippen LogP contribution in [0.15, 0.2) is 42.5 Å². The molecule has 144 valence electrons. The molecule has 0 fully saturated rings. The van der Waals surface area contributed by atoms with E-state index in [0.717, 1.165) is 11.1 Å². The van der Waals surface area contributed by atoms with Gasteiger partial charge in [-0.2, -0.15) is 0 Å². The highest BCUT2D eigenvalue weighted by Gasteiger charge is 2.18. The predicted octanol–water partition coefficient (Wildman–Crippen LogP) is 6.05. The maximum atomic E-state index is 14.4. The number of carbonyl (C=O) groups is 1. The number of rotatable bonds is 3. The monoisotopic (exact) mass is 388 g/mol. The fourth-order valence-electron chi connectivity index (χ4n) is 3.08. The highest BCUT2D eigenvalue weighted by atomic mass is 19.2. The molecule has 0 amide bonds. The largest absolute Gasteiger partial charge is 0.423 e. The van der Waals surface area contributed by atoms with Gasteiger partial charge in [0.15, 0.2) is 17.5 Å². The Morgan fingerprint density at radius 3 is 2.00 bits per heavy atom. The molecule has 0 atom stereocenters. The minimum Gasteiger partial charge on any atom is -0.423 e. The molecule has 0 N–H and O–H groups in total. The first-order chi connectivity index (χ1) is 13.2. The van der Waals surface area contributed by atoms with E-state index in [0.29, 0.717) is 28.8 Å². The lowest BCUT2D eigenvalue weighted by atomic mass is 9.95. The average molecular weight is 388 g/mol. The summed E-state index contributed by atoms with van der Waals surface area (Å²) in [6.07, 6.45) is 0. The molecule has 0 bridgehead atoms. The molecule has 0 aliphatic rings. The van der Waals surface area contributed by atoms with Crippen molar-refractivity contribution >= 4 is 5.97 Å². The number of hydrogen-bond donors (Lipinski definition) is 0. The maximum absolute atomic E-state index is 14.4. The van der Waals surface area contributed by atoms with Crippen molar-refractivity contribution in [3.05, 3.63) is 88.0 Å². The fraction of sp³-hybridized carbons (Fsp3) is 0.136. The highest BCUT2D eigenvalue weighted by molar-refractivity contribution is 5.93. The van der Waals surface area contributed by atoms with Crippen LogP contribution in [0.1, 0.15) is 27.0 Å². The van der Waals surface area contributed by atoms with E-state index in [1.807, 2.05) is 6.07 Å². The number of hydrogen-bond acceptors (Lipinski definition) is 2. The van der Waals surface area contributed by atoms with Gasteiger partial charge in [0, 0.05) is 17.7 Å². The Kier molecular flexibility index (Phi) is 5.23. The van der Waals surface area contributed by atoms with Crippen LogP contribution in [0.25, 0.3) is 11.1 Å². The summed E-state index contributed by atoms with van der Waals surface area (Å²) in [5.74, 6) is -6.25. The minimum atomic E-state index is -1.64. The molecule has 0 unspecified atom stereocenters. The summed E-state index contributed by atoms with van der Waals surface area (Å²) >= 11 is 0. The van der Waals surface area contributed by atoms with Crippen LogP contribution in [0, 0.1) is 44.0 Å². The van der Waals surface area contributed by atoms with Gasteiger partial charge in [-0.25, -0.2) is 22.4 Å². The summed E-state index contributed by atoms with van der Waals surface area (Å²) < 4.78 is 58.9. The molecule has 0 radical (unpaired) electrons. The van der Waals surface area contributed by atoms with Crippen LogP contribution >= 0.6 is 0 Å². The fourth-order valence-corrected chi connectivity index (χ4v) is 3.08. The Labute approximate surface area is 159 Å². The second-order valence-corrected chi connectivity index (χ2v) is 6.56. The van der Waals surface area contributed by atoms with Gasteiger partial charge in [-0.3, -0.25) is 0 Å². The van der Waals surface area contributed by atoms with Gasteiger partial charge >= 0.3 is 5.97 Å². The number of esters is 1. The third-order valence-electron chi connectivity index (χ3n) is 4.33. The molecule has 0 spiro atoms. The van der Waals surface area contributed by atoms with Gasteiger partial charge in [0.2, 0.25) is 0 Å². The van der Waals surface area contributed by atoms with Gasteiger partial charge in [-0.05, 0) is 55.2 Å². The van der Waals surface area contributed by atoms with E-state index >= 15 is 0 Å². The Morgan fingerprint density at radius 1 is 0.786 bits per heavy atom. The van der Waals surface area contributed by atoms with Gasteiger partial charge < -0.3 is 4.74 Å². The number of aryl methyl sites for hydroxylation is 3. The highest BCUT2D eigenvalue weighted by Crippen LogP contribution is 2.30. The first kappa shape index (κ1) is 19.6. The standard InChI is InChI=1S/C22H16F4O2/c1-11-6-13(3)20(17(23)7-11)14-4-5-16(12(2)8-14)22(27)28-15-9-18(24)21(26)19(25)10-15/h4-10H,1-3H3. The first-order valence-corrected chi connectivity index (χ1v) is 8.42. The normalized spacial score (nSPS) is 10.8. The molecule has 3 aromatic rings. The molecule has 6 heteroatoms. The SMILES string of the molecule is Cc1cc(C)c(-c2ccc(C(=O)Oc3cc(F)c(F)c(F)c3)c(C)c2)c(F)c1. The van der Waals surface area contributed by atoms with Crippen molar-refractivity contribution in [2.75, 3.05) is 0 Å². The Balaban J connectivity index is 1.92. The molecule has 0 aromatic heterocycles. The smallest absolute Gasteiger partial charge is 0.343 e.